The molecule has 0 spiro atoms. The third-order valence-corrected chi connectivity index (χ3v) is 3.56. The Bertz CT molecular complexity index is 422. The summed E-state index contributed by atoms with van der Waals surface area (Å²) in [6.07, 6.45) is 0.215. The van der Waals surface area contributed by atoms with Gasteiger partial charge in [-0.1, -0.05) is 0 Å². The molecule has 0 radical (unpaired) electrons. The fraction of sp³-hybridized carbons (Fsp3) is 0.545. The quantitative estimate of drug-likeness (QED) is 0.795. The number of alkyl halides is 1. The number of amides is 2. The van der Waals surface area contributed by atoms with E-state index in [-0.39, 0.29) is 24.8 Å². The van der Waals surface area contributed by atoms with Gasteiger partial charge in [-0.2, -0.15) is 0 Å². The van der Waals surface area contributed by atoms with Crippen LogP contribution in [0.1, 0.15) is 17.6 Å². The second kappa shape index (κ2) is 7.33. The van der Waals surface area contributed by atoms with Crippen LogP contribution >= 0.6 is 22.9 Å². The predicted molar refractivity (Wildman–Crippen MR) is 71.7 cm³/mol. The molecule has 18 heavy (non-hydrogen) atoms. The third-order valence-electron chi connectivity index (χ3n) is 2.39. The van der Waals surface area contributed by atoms with Crippen LogP contribution in [0.15, 0.2) is 5.38 Å². The molecule has 100 valence electrons. The molecule has 7 heteroatoms. The average Bonchev–Trinajstić information content (AvgIpc) is 2.82. The molecule has 0 atom stereocenters. The van der Waals surface area contributed by atoms with Gasteiger partial charge in [0.15, 0.2) is 0 Å². The highest BCUT2D eigenvalue weighted by Gasteiger charge is 2.16. The molecule has 0 saturated carbocycles. The highest BCUT2D eigenvalue weighted by molar-refractivity contribution is 7.09. The van der Waals surface area contributed by atoms with E-state index in [1.807, 2.05) is 12.3 Å². The summed E-state index contributed by atoms with van der Waals surface area (Å²) < 4.78 is 0. The second-order valence-electron chi connectivity index (χ2n) is 3.62. The fourth-order valence-corrected chi connectivity index (χ4v) is 2.37. The summed E-state index contributed by atoms with van der Waals surface area (Å²) in [5.74, 6) is 0.0720. The Morgan fingerprint density at radius 3 is 2.78 bits per heavy atom. The Morgan fingerprint density at radius 2 is 2.28 bits per heavy atom. The summed E-state index contributed by atoms with van der Waals surface area (Å²) in [6.45, 7) is 2.42. The highest BCUT2D eigenvalue weighted by atomic mass is 35.5. The maximum Gasteiger partial charge on any atom is 0.239 e. The van der Waals surface area contributed by atoms with E-state index in [2.05, 4.69) is 10.3 Å². The summed E-state index contributed by atoms with van der Waals surface area (Å²) in [6, 6.07) is 0. The van der Waals surface area contributed by atoms with Crippen molar-refractivity contribution >= 4 is 34.8 Å². The standard InChI is InChI=1S/C11H16ClN3O2S/c1-3-15(6-9(16)13-2)11(17)4-10-14-8(5-12)7-18-10/h7H,3-6H2,1-2H3,(H,13,16). The van der Waals surface area contributed by atoms with E-state index in [4.69, 9.17) is 11.6 Å². The molecule has 0 fully saturated rings. The lowest BCUT2D eigenvalue weighted by molar-refractivity contribution is -0.135. The zero-order valence-corrected chi connectivity index (χ0v) is 12.0. The minimum absolute atomic E-state index is 0.0829. The van der Waals surface area contributed by atoms with Crippen molar-refractivity contribution in [1.82, 2.24) is 15.2 Å². The van der Waals surface area contributed by atoms with Crippen LogP contribution in [0.25, 0.3) is 0 Å². The summed E-state index contributed by atoms with van der Waals surface area (Å²) in [5.41, 5.74) is 0.777. The van der Waals surface area contributed by atoms with E-state index in [1.165, 1.54) is 16.2 Å². The van der Waals surface area contributed by atoms with Gasteiger partial charge in [-0.05, 0) is 6.92 Å². The van der Waals surface area contributed by atoms with Crippen LogP contribution in [0.4, 0.5) is 0 Å². The molecule has 1 N–H and O–H groups in total. The first kappa shape index (κ1) is 14.9. The number of hydrogen-bond acceptors (Lipinski definition) is 4. The van der Waals surface area contributed by atoms with Crippen LogP contribution in [-0.2, 0) is 21.9 Å². The molecule has 0 saturated heterocycles. The minimum Gasteiger partial charge on any atom is -0.358 e. The Labute approximate surface area is 115 Å². The van der Waals surface area contributed by atoms with Crippen LogP contribution in [0.3, 0.4) is 0 Å². The van der Waals surface area contributed by atoms with Crippen LogP contribution < -0.4 is 5.32 Å². The molecule has 0 aliphatic carbocycles. The van der Waals surface area contributed by atoms with Gasteiger partial charge in [-0.3, -0.25) is 9.59 Å². The molecule has 1 rings (SSSR count). The van der Waals surface area contributed by atoms with Gasteiger partial charge in [0.25, 0.3) is 0 Å². The van der Waals surface area contributed by atoms with Crippen LogP contribution in [0, 0.1) is 0 Å². The topological polar surface area (TPSA) is 62.3 Å². The molecule has 0 aromatic carbocycles. The number of aromatic nitrogens is 1. The molecule has 1 aromatic rings. The van der Waals surface area contributed by atoms with Gasteiger partial charge < -0.3 is 10.2 Å². The maximum atomic E-state index is 12.0. The van der Waals surface area contributed by atoms with Gasteiger partial charge >= 0.3 is 0 Å². The normalized spacial score (nSPS) is 10.2. The SMILES string of the molecule is CCN(CC(=O)NC)C(=O)Cc1nc(CCl)cs1. The van der Waals surface area contributed by atoms with Crippen molar-refractivity contribution in [2.45, 2.75) is 19.2 Å². The van der Waals surface area contributed by atoms with E-state index in [1.54, 1.807) is 7.05 Å². The van der Waals surface area contributed by atoms with Crippen molar-refractivity contribution in [2.24, 2.45) is 0 Å². The van der Waals surface area contributed by atoms with Crippen molar-refractivity contribution in [3.63, 3.8) is 0 Å². The monoisotopic (exact) mass is 289 g/mol. The van der Waals surface area contributed by atoms with Gasteiger partial charge in [0, 0.05) is 19.0 Å². The van der Waals surface area contributed by atoms with Crippen molar-refractivity contribution in [2.75, 3.05) is 20.1 Å². The van der Waals surface area contributed by atoms with Crippen molar-refractivity contribution in [1.29, 1.82) is 0 Å². The fourth-order valence-electron chi connectivity index (χ4n) is 1.36. The van der Waals surface area contributed by atoms with Crippen molar-refractivity contribution in [3.05, 3.63) is 16.1 Å². The number of carbonyl (C=O) groups is 2. The van der Waals surface area contributed by atoms with Gasteiger partial charge in [0.1, 0.15) is 5.01 Å². The Kier molecular flexibility index (Phi) is 6.07. The van der Waals surface area contributed by atoms with Crippen LogP contribution in [0.2, 0.25) is 0 Å². The van der Waals surface area contributed by atoms with Crippen molar-refractivity contribution in [3.8, 4) is 0 Å². The largest absolute Gasteiger partial charge is 0.358 e. The maximum absolute atomic E-state index is 12.0. The van der Waals surface area contributed by atoms with Gasteiger partial charge in [-0.25, -0.2) is 4.98 Å². The molecule has 0 bridgehead atoms. The number of hydrogen-bond donors (Lipinski definition) is 1. The lowest BCUT2D eigenvalue weighted by Gasteiger charge is -2.19. The third kappa shape index (κ3) is 4.27. The van der Waals surface area contributed by atoms with Crippen molar-refractivity contribution < 1.29 is 9.59 Å². The number of halogens is 1. The minimum atomic E-state index is -0.175. The van der Waals surface area contributed by atoms with E-state index < -0.39 is 0 Å². The predicted octanol–water partition coefficient (Wildman–Crippen LogP) is 1.02. The van der Waals surface area contributed by atoms with E-state index >= 15 is 0 Å². The first-order chi connectivity index (χ1) is 8.60. The molecule has 5 nitrogen and oxygen atoms in total. The zero-order valence-electron chi connectivity index (χ0n) is 10.4. The van der Waals surface area contributed by atoms with Crippen LogP contribution in [0.5, 0.6) is 0 Å². The second-order valence-corrected chi connectivity index (χ2v) is 4.83. The number of thiazole rings is 1. The lowest BCUT2D eigenvalue weighted by Crippen LogP contribution is -2.40. The molecule has 0 aliphatic heterocycles. The molecule has 0 unspecified atom stereocenters. The molecule has 1 heterocycles. The van der Waals surface area contributed by atoms with Gasteiger partial charge in [0.2, 0.25) is 11.8 Å². The first-order valence-corrected chi connectivity index (χ1v) is 6.99. The Hall–Kier alpha value is -1.14. The van der Waals surface area contributed by atoms with E-state index in [0.29, 0.717) is 12.4 Å². The number of carbonyl (C=O) groups excluding carboxylic acids is 2. The summed E-state index contributed by atoms with van der Waals surface area (Å²) in [7, 11) is 1.55. The summed E-state index contributed by atoms with van der Waals surface area (Å²) in [4.78, 5) is 28.9. The zero-order chi connectivity index (χ0) is 13.5. The number of likely N-dealkylation sites (N-methyl/N-ethyl adjacent to an activating group) is 2. The van der Waals surface area contributed by atoms with E-state index in [9.17, 15) is 9.59 Å². The summed E-state index contributed by atoms with van der Waals surface area (Å²) in [5, 5.41) is 5.06. The lowest BCUT2D eigenvalue weighted by atomic mass is 10.3. The average molecular weight is 290 g/mol. The smallest absolute Gasteiger partial charge is 0.239 e. The molecular formula is C11H16ClN3O2S. The summed E-state index contributed by atoms with van der Waals surface area (Å²) >= 11 is 7.06. The number of nitrogens with zero attached hydrogens (tertiary/aromatic N) is 2. The van der Waals surface area contributed by atoms with E-state index in [0.717, 1.165) is 10.7 Å². The number of nitrogens with one attached hydrogen (secondary N) is 1. The molecule has 2 amide bonds. The number of rotatable bonds is 6. The van der Waals surface area contributed by atoms with Gasteiger partial charge in [-0.15, -0.1) is 22.9 Å². The van der Waals surface area contributed by atoms with Crippen LogP contribution in [-0.4, -0.2) is 41.8 Å². The molecule has 1 aromatic heterocycles. The Morgan fingerprint density at radius 1 is 1.56 bits per heavy atom. The first-order valence-electron chi connectivity index (χ1n) is 5.58. The highest BCUT2D eigenvalue weighted by Crippen LogP contribution is 2.13. The molecule has 0 aliphatic rings. The molecular weight excluding hydrogens is 274 g/mol. The Balaban J connectivity index is 2.59. The van der Waals surface area contributed by atoms with Gasteiger partial charge in [0.05, 0.1) is 24.5 Å².